The van der Waals surface area contributed by atoms with Crippen molar-refractivity contribution in [2.45, 2.75) is 6.61 Å². The molecule has 29 heavy (non-hydrogen) atoms. The van der Waals surface area contributed by atoms with Crippen LogP contribution >= 0.6 is 0 Å². The number of hydrazone groups is 1. The molecule has 7 nitrogen and oxygen atoms in total. The quantitative estimate of drug-likeness (QED) is 0.452. The summed E-state index contributed by atoms with van der Waals surface area (Å²) >= 11 is 0. The summed E-state index contributed by atoms with van der Waals surface area (Å²) in [7, 11) is 1.73. The maximum absolute atomic E-state index is 11.1. The summed E-state index contributed by atoms with van der Waals surface area (Å²) in [6, 6.07) is 16.3. The van der Waals surface area contributed by atoms with Gasteiger partial charge in [-0.3, -0.25) is 4.98 Å². The van der Waals surface area contributed by atoms with Gasteiger partial charge in [0, 0.05) is 18.8 Å². The number of nitrogens with one attached hydrogen (secondary N) is 1. The average Bonchev–Trinajstić information content (AvgIpc) is 2.76. The lowest BCUT2D eigenvalue weighted by Crippen LogP contribution is -2.01. The van der Waals surface area contributed by atoms with Gasteiger partial charge in [-0.2, -0.15) is 5.10 Å². The molecule has 0 atom stereocenters. The van der Waals surface area contributed by atoms with Gasteiger partial charge in [0.05, 0.1) is 17.6 Å². The van der Waals surface area contributed by atoms with E-state index in [-0.39, 0.29) is 5.69 Å². The van der Waals surface area contributed by atoms with E-state index in [1.54, 1.807) is 37.7 Å². The van der Waals surface area contributed by atoms with E-state index in [1.807, 2.05) is 42.5 Å². The van der Waals surface area contributed by atoms with Gasteiger partial charge in [-0.25, -0.2) is 9.78 Å². The highest BCUT2D eigenvalue weighted by atomic mass is 16.5. The van der Waals surface area contributed by atoms with Crippen LogP contribution in [0, 0.1) is 0 Å². The molecule has 0 aliphatic rings. The van der Waals surface area contributed by atoms with E-state index in [2.05, 4.69) is 20.5 Å². The number of rotatable bonds is 8. The molecular weight excluding hydrogens is 368 g/mol. The van der Waals surface area contributed by atoms with Crippen LogP contribution in [0.3, 0.4) is 0 Å². The largest absolute Gasteiger partial charge is 0.487 e. The Bertz CT molecular complexity index is 1030. The van der Waals surface area contributed by atoms with Crippen molar-refractivity contribution >= 4 is 18.3 Å². The Balaban J connectivity index is 1.65. The van der Waals surface area contributed by atoms with Crippen molar-refractivity contribution in [3.05, 3.63) is 83.8 Å². The number of aromatic carboxylic acids is 1. The lowest BCUT2D eigenvalue weighted by molar-refractivity contribution is 0.0690. The summed E-state index contributed by atoms with van der Waals surface area (Å²) in [5, 5.41) is 13.0. The minimum Gasteiger partial charge on any atom is -0.487 e. The predicted octanol–water partition coefficient (Wildman–Crippen LogP) is 3.64. The summed E-state index contributed by atoms with van der Waals surface area (Å²) in [6.45, 7) is 0.359. The van der Waals surface area contributed by atoms with Gasteiger partial charge < -0.3 is 15.3 Å². The summed E-state index contributed by atoms with van der Waals surface area (Å²) in [5.41, 5.74) is 5.85. The van der Waals surface area contributed by atoms with Crippen LogP contribution in [0.2, 0.25) is 0 Å². The average molecular weight is 388 g/mol. The van der Waals surface area contributed by atoms with E-state index in [4.69, 9.17) is 9.84 Å². The number of aromatic nitrogens is 2. The number of nitrogens with zero attached hydrogens (tertiary/aromatic N) is 3. The Morgan fingerprint density at radius 3 is 2.83 bits per heavy atom. The summed E-state index contributed by atoms with van der Waals surface area (Å²) in [6.07, 6.45) is 6.93. The van der Waals surface area contributed by atoms with Gasteiger partial charge in [0.1, 0.15) is 18.1 Å². The zero-order valence-electron chi connectivity index (χ0n) is 15.8. The number of carbonyl (C=O) groups is 1. The van der Waals surface area contributed by atoms with Crippen LogP contribution in [0.15, 0.2) is 72.0 Å². The van der Waals surface area contributed by atoms with Crippen molar-refractivity contribution in [2.24, 2.45) is 5.10 Å². The van der Waals surface area contributed by atoms with E-state index in [1.165, 1.54) is 6.07 Å². The molecule has 0 spiro atoms. The second kappa shape index (κ2) is 9.80. The number of pyridine rings is 2. The van der Waals surface area contributed by atoms with E-state index < -0.39 is 5.97 Å². The van der Waals surface area contributed by atoms with Crippen molar-refractivity contribution in [3.8, 4) is 17.0 Å². The van der Waals surface area contributed by atoms with Crippen LogP contribution in [-0.2, 0) is 6.61 Å². The molecule has 0 bridgehead atoms. The SMILES string of the molecule is CN/N=C\C=C\c1ccc(OCc2cccc(-c3cccc(C(=O)O)n3)c2)cn1. The van der Waals surface area contributed by atoms with Gasteiger partial charge in [0.2, 0.25) is 0 Å². The number of ether oxygens (including phenoxy) is 1. The molecule has 2 aromatic heterocycles. The van der Waals surface area contributed by atoms with Gasteiger partial charge in [-0.05, 0) is 48.0 Å². The fraction of sp³-hybridized carbons (Fsp3) is 0.0909. The molecule has 0 saturated carbocycles. The van der Waals surface area contributed by atoms with Crippen LogP contribution in [0.5, 0.6) is 5.75 Å². The number of hydrogen-bond acceptors (Lipinski definition) is 6. The Labute approximate surface area is 168 Å². The first-order valence-electron chi connectivity index (χ1n) is 8.90. The first-order valence-corrected chi connectivity index (χ1v) is 8.90. The third kappa shape index (κ3) is 5.74. The maximum atomic E-state index is 11.1. The second-order valence-electron chi connectivity index (χ2n) is 5.98. The topological polar surface area (TPSA) is 96.7 Å². The lowest BCUT2D eigenvalue weighted by Gasteiger charge is -2.08. The number of benzene rings is 1. The van der Waals surface area contributed by atoms with Crippen LogP contribution < -0.4 is 10.2 Å². The predicted molar refractivity (Wildman–Crippen MR) is 112 cm³/mol. The molecule has 1 aromatic carbocycles. The third-order valence-corrected chi connectivity index (χ3v) is 3.91. The van der Waals surface area contributed by atoms with Crippen molar-refractivity contribution in [1.82, 2.24) is 15.4 Å². The van der Waals surface area contributed by atoms with E-state index in [0.717, 1.165) is 16.8 Å². The maximum Gasteiger partial charge on any atom is 0.354 e. The van der Waals surface area contributed by atoms with Crippen molar-refractivity contribution in [3.63, 3.8) is 0 Å². The molecule has 3 aromatic rings. The zero-order chi connectivity index (χ0) is 20.5. The van der Waals surface area contributed by atoms with Crippen LogP contribution in [0.4, 0.5) is 0 Å². The Morgan fingerprint density at radius 2 is 2.07 bits per heavy atom. The highest BCUT2D eigenvalue weighted by molar-refractivity contribution is 5.86. The number of hydrogen-bond donors (Lipinski definition) is 2. The lowest BCUT2D eigenvalue weighted by atomic mass is 10.1. The van der Waals surface area contributed by atoms with E-state index in [9.17, 15) is 4.79 Å². The van der Waals surface area contributed by atoms with Gasteiger partial charge in [0.25, 0.3) is 0 Å². The monoisotopic (exact) mass is 388 g/mol. The minimum absolute atomic E-state index is 0.0154. The molecule has 0 aliphatic carbocycles. The fourth-order valence-electron chi connectivity index (χ4n) is 2.54. The molecule has 0 amide bonds. The van der Waals surface area contributed by atoms with Crippen LogP contribution in [0.1, 0.15) is 21.7 Å². The Kier molecular flexibility index (Phi) is 6.67. The fourth-order valence-corrected chi connectivity index (χ4v) is 2.54. The molecule has 2 N–H and O–H groups in total. The third-order valence-electron chi connectivity index (χ3n) is 3.91. The Hall–Kier alpha value is -4.00. The summed E-state index contributed by atoms with van der Waals surface area (Å²) in [4.78, 5) is 19.6. The molecular formula is C22H20N4O3. The molecule has 0 aliphatic heterocycles. The zero-order valence-corrected chi connectivity index (χ0v) is 15.8. The summed E-state index contributed by atoms with van der Waals surface area (Å²) < 4.78 is 5.81. The van der Waals surface area contributed by atoms with Crippen LogP contribution in [-0.4, -0.2) is 34.3 Å². The normalized spacial score (nSPS) is 11.1. The highest BCUT2D eigenvalue weighted by Gasteiger charge is 2.07. The first kappa shape index (κ1) is 19.8. The molecule has 2 heterocycles. The van der Waals surface area contributed by atoms with Gasteiger partial charge >= 0.3 is 5.97 Å². The molecule has 0 radical (unpaired) electrons. The highest BCUT2D eigenvalue weighted by Crippen LogP contribution is 2.20. The van der Waals surface area contributed by atoms with Crippen molar-refractivity contribution in [1.29, 1.82) is 0 Å². The van der Waals surface area contributed by atoms with Gasteiger partial charge in [0.15, 0.2) is 0 Å². The smallest absolute Gasteiger partial charge is 0.354 e. The Morgan fingerprint density at radius 1 is 1.21 bits per heavy atom. The molecule has 0 fully saturated rings. The summed E-state index contributed by atoms with van der Waals surface area (Å²) in [5.74, 6) is -0.395. The molecule has 3 rings (SSSR count). The molecule has 0 saturated heterocycles. The first-order chi connectivity index (χ1) is 14.2. The standard InChI is InChI=1S/C22H20N4O3/c1-23-25-12-4-7-18-10-11-19(14-24-18)29-15-16-5-2-6-17(13-16)20-8-3-9-21(26-20)22(27)28/h2-14,23H,15H2,1H3,(H,27,28)/b7-4+,25-12-. The van der Waals surface area contributed by atoms with Crippen LogP contribution in [0.25, 0.3) is 17.3 Å². The second-order valence-corrected chi connectivity index (χ2v) is 5.98. The molecule has 7 heteroatoms. The molecule has 146 valence electrons. The van der Waals surface area contributed by atoms with E-state index in [0.29, 0.717) is 18.1 Å². The number of carboxylic acid groups (broad SMARTS) is 1. The van der Waals surface area contributed by atoms with Gasteiger partial charge in [-0.1, -0.05) is 24.3 Å². The van der Waals surface area contributed by atoms with E-state index >= 15 is 0 Å². The minimum atomic E-state index is -1.05. The van der Waals surface area contributed by atoms with Crippen molar-refractivity contribution < 1.29 is 14.6 Å². The molecule has 0 unspecified atom stereocenters. The number of carboxylic acids is 1. The van der Waals surface area contributed by atoms with Crippen molar-refractivity contribution in [2.75, 3.05) is 7.05 Å². The number of allylic oxidation sites excluding steroid dienone is 1. The van der Waals surface area contributed by atoms with Gasteiger partial charge in [-0.15, -0.1) is 0 Å².